The molecule has 0 atom stereocenters. The Morgan fingerprint density at radius 3 is 2.73 bits per heavy atom. The van der Waals surface area contributed by atoms with Crippen LogP contribution in [0.4, 0.5) is 4.39 Å². The first-order valence-electron chi connectivity index (χ1n) is 4.35. The number of sulfone groups is 1. The van der Waals surface area contributed by atoms with E-state index in [4.69, 9.17) is 5.26 Å². The zero-order chi connectivity index (χ0) is 11.3. The van der Waals surface area contributed by atoms with Gasteiger partial charge in [-0.15, -0.1) is 0 Å². The van der Waals surface area contributed by atoms with Crippen molar-refractivity contribution in [2.24, 2.45) is 0 Å². The van der Waals surface area contributed by atoms with Crippen molar-refractivity contribution in [3.05, 3.63) is 35.6 Å². The molecule has 0 aliphatic carbocycles. The van der Waals surface area contributed by atoms with Crippen LogP contribution in [0.1, 0.15) is 12.0 Å². The van der Waals surface area contributed by atoms with Crippen LogP contribution in [0.5, 0.6) is 0 Å². The van der Waals surface area contributed by atoms with Crippen LogP contribution in [0.15, 0.2) is 24.3 Å². The number of halogens is 1. The highest BCUT2D eigenvalue weighted by Gasteiger charge is 2.11. The van der Waals surface area contributed by atoms with E-state index in [2.05, 4.69) is 0 Å². The molecule has 0 bridgehead atoms. The smallest absolute Gasteiger partial charge is 0.155 e. The molecule has 1 aromatic rings. The summed E-state index contributed by atoms with van der Waals surface area (Å²) in [7, 11) is -3.30. The summed E-state index contributed by atoms with van der Waals surface area (Å²) in [6.45, 7) is 0. The number of nitriles is 1. The SMILES string of the molecule is N#CCCS(=O)(=O)Cc1cccc(F)c1. The molecular weight excluding hydrogens is 217 g/mol. The first-order valence-corrected chi connectivity index (χ1v) is 6.17. The summed E-state index contributed by atoms with van der Waals surface area (Å²) in [5.41, 5.74) is 0.410. The molecule has 0 amide bonds. The van der Waals surface area contributed by atoms with Gasteiger partial charge in [-0.2, -0.15) is 5.26 Å². The molecule has 0 aromatic heterocycles. The van der Waals surface area contributed by atoms with Crippen LogP contribution in [-0.2, 0) is 15.6 Å². The Morgan fingerprint density at radius 1 is 1.40 bits per heavy atom. The van der Waals surface area contributed by atoms with Crippen molar-refractivity contribution < 1.29 is 12.8 Å². The van der Waals surface area contributed by atoms with Gasteiger partial charge in [0.1, 0.15) is 5.82 Å². The molecule has 0 radical (unpaired) electrons. The van der Waals surface area contributed by atoms with Crippen LogP contribution in [0.2, 0.25) is 0 Å². The van der Waals surface area contributed by atoms with Gasteiger partial charge in [0, 0.05) is 6.42 Å². The predicted octanol–water partition coefficient (Wildman–Crippen LogP) is 1.65. The van der Waals surface area contributed by atoms with Gasteiger partial charge >= 0.3 is 0 Å². The summed E-state index contributed by atoms with van der Waals surface area (Å²) in [5.74, 6) is -0.852. The Kier molecular flexibility index (Phi) is 3.81. The largest absolute Gasteiger partial charge is 0.228 e. The average molecular weight is 227 g/mol. The van der Waals surface area contributed by atoms with Gasteiger partial charge in [-0.1, -0.05) is 12.1 Å². The fraction of sp³-hybridized carbons (Fsp3) is 0.300. The van der Waals surface area contributed by atoms with Gasteiger partial charge in [0.05, 0.1) is 17.6 Å². The van der Waals surface area contributed by atoms with Crippen molar-refractivity contribution in [3.63, 3.8) is 0 Å². The molecule has 80 valence electrons. The molecule has 3 nitrogen and oxygen atoms in total. The molecule has 5 heteroatoms. The molecular formula is C10H10FNO2S. The van der Waals surface area contributed by atoms with Crippen LogP contribution in [0.3, 0.4) is 0 Å². The molecule has 1 aromatic carbocycles. The van der Waals surface area contributed by atoms with Crippen molar-refractivity contribution in [2.75, 3.05) is 5.75 Å². The quantitative estimate of drug-likeness (QED) is 0.785. The third-order valence-electron chi connectivity index (χ3n) is 1.80. The van der Waals surface area contributed by atoms with Gasteiger partial charge in [0.2, 0.25) is 0 Å². The van der Waals surface area contributed by atoms with Gasteiger partial charge < -0.3 is 0 Å². The van der Waals surface area contributed by atoms with Gasteiger partial charge in [0.25, 0.3) is 0 Å². The maximum atomic E-state index is 12.7. The zero-order valence-electron chi connectivity index (χ0n) is 7.98. The molecule has 0 fully saturated rings. The van der Waals surface area contributed by atoms with Crippen LogP contribution in [-0.4, -0.2) is 14.2 Å². The summed E-state index contributed by atoms with van der Waals surface area (Å²) in [4.78, 5) is 0. The fourth-order valence-electron chi connectivity index (χ4n) is 1.15. The average Bonchev–Trinajstić information content (AvgIpc) is 2.14. The molecule has 0 N–H and O–H groups in total. The van der Waals surface area contributed by atoms with E-state index in [0.29, 0.717) is 5.56 Å². The topological polar surface area (TPSA) is 57.9 Å². The summed E-state index contributed by atoms with van der Waals surface area (Å²) >= 11 is 0. The van der Waals surface area contributed by atoms with Crippen molar-refractivity contribution in [2.45, 2.75) is 12.2 Å². The van der Waals surface area contributed by atoms with Gasteiger partial charge in [-0.25, -0.2) is 12.8 Å². The fourth-order valence-corrected chi connectivity index (χ4v) is 2.39. The van der Waals surface area contributed by atoms with E-state index in [0.717, 1.165) is 0 Å². The Bertz CT molecular complexity index is 476. The van der Waals surface area contributed by atoms with E-state index in [9.17, 15) is 12.8 Å². The predicted molar refractivity (Wildman–Crippen MR) is 54.1 cm³/mol. The Labute approximate surface area is 88.1 Å². The van der Waals surface area contributed by atoms with Gasteiger partial charge in [-0.05, 0) is 17.7 Å². The number of hydrogen-bond donors (Lipinski definition) is 0. The second-order valence-corrected chi connectivity index (χ2v) is 5.31. The second kappa shape index (κ2) is 4.89. The lowest BCUT2D eigenvalue weighted by atomic mass is 10.2. The zero-order valence-corrected chi connectivity index (χ0v) is 8.80. The first kappa shape index (κ1) is 11.7. The molecule has 0 spiro atoms. The van der Waals surface area contributed by atoms with E-state index in [-0.39, 0.29) is 17.9 Å². The Morgan fingerprint density at radius 2 is 2.13 bits per heavy atom. The summed E-state index contributed by atoms with van der Waals surface area (Å²) in [6, 6.07) is 7.22. The van der Waals surface area contributed by atoms with Crippen LogP contribution < -0.4 is 0 Å². The minimum absolute atomic E-state index is 0.0301. The van der Waals surface area contributed by atoms with Crippen LogP contribution in [0, 0.1) is 17.1 Å². The van der Waals surface area contributed by atoms with Crippen molar-refractivity contribution in [1.82, 2.24) is 0 Å². The van der Waals surface area contributed by atoms with E-state index < -0.39 is 15.7 Å². The maximum absolute atomic E-state index is 12.7. The number of nitrogens with zero attached hydrogens (tertiary/aromatic N) is 1. The monoisotopic (exact) mass is 227 g/mol. The molecule has 0 heterocycles. The molecule has 0 saturated heterocycles. The second-order valence-electron chi connectivity index (χ2n) is 3.13. The van der Waals surface area contributed by atoms with Crippen LogP contribution >= 0.6 is 0 Å². The van der Waals surface area contributed by atoms with Crippen molar-refractivity contribution >= 4 is 9.84 Å². The molecule has 15 heavy (non-hydrogen) atoms. The normalized spacial score (nSPS) is 10.9. The third-order valence-corrected chi connectivity index (χ3v) is 3.40. The minimum atomic E-state index is -3.30. The van der Waals surface area contributed by atoms with E-state index in [1.54, 1.807) is 12.1 Å². The minimum Gasteiger partial charge on any atom is -0.228 e. The molecule has 1 rings (SSSR count). The lowest BCUT2D eigenvalue weighted by molar-refractivity contribution is 0.594. The Balaban J connectivity index is 2.74. The van der Waals surface area contributed by atoms with E-state index in [1.807, 2.05) is 0 Å². The summed E-state index contributed by atoms with van der Waals surface area (Å²) < 4.78 is 35.5. The number of benzene rings is 1. The van der Waals surface area contributed by atoms with Crippen LogP contribution in [0.25, 0.3) is 0 Å². The maximum Gasteiger partial charge on any atom is 0.155 e. The van der Waals surface area contributed by atoms with E-state index in [1.165, 1.54) is 18.2 Å². The molecule has 0 saturated carbocycles. The van der Waals surface area contributed by atoms with Crippen molar-refractivity contribution in [1.29, 1.82) is 5.26 Å². The summed E-state index contributed by atoms with van der Waals surface area (Å²) in [5, 5.41) is 8.27. The lowest BCUT2D eigenvalue weighted by Crippen LogP contribution is -2.08. The molecule has 0 unspecified atom stereocenters. The summed E-state index contributed by atoms with van der Waals surface area (Å²) in [6.07, 6.45) is -0.0301. The molecule has 0 aliphatic heterocycles. The first-order chi connectivity index (χ1) is 7.03. The van der Waals surface area contributed by atoms with E-state index >= 15 is 0 Å². The number of rotatable bonds is 4. The number of hydrogen-bond acceptors (Lipinski definition) is 3. The highest BCUT2D eigenvalue weighted by Crippen LogP contribution is 2.09. The highest BCUT2D eigenvalue weighted by atomic mass is 32.2. The van der Waals surface area contributed by atoms with Gasteiger partial charge in [-0.3, -0.25) is 0 Å². The standard InChI is InChI=1S/C10H10FNO2S/c11-10-4-1-3-9(7-10)8-15(13,14)6-2-5-12/h1,3-4,7H,2,6,8H2. The Hall–Kier alpha value is -1.41. The van der Waals surface area contributed by atoms with Gasteiger partial charge in [0.15, 0.2) is 9.84 Å². The molecule has 0 aliphatic rings. The third kappa shape index (κ3) is 4.09. The highest BCUT2D eigenvalue weighted by molar-refractivity contribution is 7.90. The lowest BCUT2D eigenvalue weighted by Gasteiger charge is -2.01. The van der Waals surface area contributed by atoms with Crippen molar-refractivity contribution in [3.8, 4) is 6.07 Å².